The highest BCUT2D eigenvalue weighted by Gasteiger charge is 2.69. The molecule has 0 rings (SSSR count). The first-order chi connectivity index (χ1) is 6.84. The van der Waals surface area contributed by atoms with E-state index in [2.05, 4.69) is 0 Å². The molecule has 0 saturated carbocycles. The number of rotatable bonds is 4. The van der Waals surface area contributed by atoms with Crippen LogP contribution in [0.5, 0.6) is 0 Å². The lowest BCUT2D eigenvalue weighted by atomic mass is 10.3. The number of alkyl halides is 8. The van der Waals surface area contributed by atoms with Crippen LogP contribution in [0.3, 0.4) is 0 Å². The summed E-state index contributed by atoms with van der Waals surface area (Å²) in [6, 6.07) is 0. The fourth-order valence-electron chi connectivity index (χ4n) is 0.456. The lowest BCUT2D eigenvalue weighted by Crippen LogP contribution is -2.55. The molecule has 16 heavy (non-hydrogen) atoms. The molecule has 11 heteroatoms. The summed E-state index contributed by atoms with van der Waals surface area (Å²) >= 11 is 0. The minimum absolute atomic E-state index is 2.04. The second-order valence-corrected chi connectivity index (χ2v) is 2.37. The fraction of sp³-hybridized carbons (Fsp3) is 0.800. The van der Waals surface area contributed by atoms with Gasteiger partial charge in [0.25, 0.3) is 0 Å². The van der Waals surface area contributed by atoms with Gasteiger partial charge in [-0.05, 0) is 0 Å². The summed E-state index contributed by atoms with van der Waals surface area (Å²) in [7, 11) is 0. The zero-order chi connectivity index (χ0) is 13.4. The molecule has 0 fully saturated rings. The molecule has 1 N–H and O–H groups in total. The van der Waals surface area contributed by atoms with Crippen LogP contribution in [0.2, 0.25) is 0 Å². The van der Waals surface area contributed by atoms with Crippen molar-refractivity contribution in [2.75, 3.05) is 0 Å². The molecule has 3 nitrogen and oxygen atoms in total. The smallest absolute Gasteiger partial charge is 0.459 e. The predicted octanol–water partition coefficient (Wildman–Crippen LogP) is 2.17. The van der Waals surface area contributed by atoms with Crippen molar-refractivity contribution in [2.24, 2.45) is 0 Å². The SMILES string of the molecule is O=C(O)C(F)(F)OC(F)(C(F)F)C(F)(F)F. The van der Waals surface area contributed by atoms with Gasteiger partial charge in [0.2, 0.25) is 0 Å². The normalized spacial score (nSPS) is 17.3. The van der Waals surface area contributed by atoms with E-state index in [1.807, 2.05) is 4.74 Å². The maximum absolute atomic E-state index is 12.4. The van der Waals surface area contributed by atoms with Crippen LogP contribution in [0.4, 0.5) is 35.1 Å². The second-order valence-electron chi connectivity index (χ2n) is 2.37. The van der Waals surface area contributed by atoms with Crippen LogP contribution in [-0.4, -0.2) is 35.6 Å². The summed E-state index contributed by atoms with van der Waals surface area (Å²) in [4.78, 5) is 9.59. The Hall–Kier alpha value is -1.13. The largest absolute Gasteiger partial charge is 0.475 e. The van der Waals surface area contributed by atoms with E-state index in [1.54, 1.807) is 0 Å². The zero-order valence-electron chi connectivity index (χ0n) is 6.86. The average molecular weight is 262 g/mol. The van der Waals surface area contributed by atoms with Gasteiger partial charge in [0.15, 0.2) is 0 Å². The van der Waals surface area contributed by atoms with Gasteiger partial charge in [-0.15, -0.1) is 0 Å². The standard InChI is InChI=1S/C5H2F8O3/c6-1(7)3(8,5(11,12)13)16-4(9,10)2(14)15/h1H,(H,14,15). The second kappa shape index (κ2) is 4.03. The summed E-state index contributed by atoms with van der Waals surface area (Å²) in [5.74, 6) is -9.39. The number of carboxylic acid groups (broad SMARTS) is 1. The Labute approximate surface area is 81.6 Å². The van der Waals surface area contributed by atoms with Crippen LogP contribution in [0.25, 0.3) is 0 Å². The molecule has 0 bridgehead atoms. The van der Waals surface area contributed by atoms with Gasteiger partial charge in [-0.25, -0.2) is 13.6 Å². The Morgan fingerprint density at radius 2 is 1.44 bits per heavy atom. The molecular weight excluding hydrogens is 260 g/mol. The molecule has 0 aromatic rings. The van der Waals surface area contributed by atoms with Crippen LogP contribution in [-0.2, 0) is 9.53 Å². The maximum Gasteiger partial charge on any atom is 0.459 e. The van der Waals surface area contributed by atoms with Crippen molar-refractivity contribution in [3.63, 3.8) is 0 Å². The van der Waals surface area contributed by atoms with Gasteiger partial charge in [-0.2, -0.15) is 26.3 Å². The summed E-state index contributed by atoms with van der Waals surface area (Å²) in [5, 5.41) is 7.60. The Morgan fingerprint density at radius 3 is 1.62 bits per heavy atom. The monoisotopic (exact) mass is 262 g/mol. The minimum Gasteiger partial charge on any atom is -0.475 e. The highest BCUT2D eigenvalue weighted by Crippen LogP contribution is 2.43. The summed E-state index contributed by atoms with van der Waals surface area (Å²) < 4.78 is 96.7. The third-order valence-corrected chi connectivity index (χ3v) is 1.19. The van der Waals surface area contributed by atoms with Gasteiger partial charge < -0.3 is 5.11 Å². The van der Waals surface area contributed by atoms with Crippen molar-refractivity contribution in [1.82, 2.24) is 0 Å². The minimum atomic E-state index is -6.51. The van der Waals surface area contributed by atoms with Crippen LogP contribution < -0.4 is 0 Å². The van der Waals surface area contributed by atoms with Gasteiger partial charge >= 0.3 is 30.5 Å². The number of carbonyl (C=O) groups is 1. The Balaban J connectivity index is 5.21. The van der Waals surface area contributed by atoms with E-state index in [0.717, 1.165) is 0 Å². The molecule has 96 valence electrons. The van der Waals surface area contributed by atoms with Crippen LogP contribution >= 0.6 is 0 Å². The number of hydrogen-bond donors (Lipinski definition) is 1. The van der Waals surface area contributed by atoms with E-state index >= 15 is 0 Å². The molecule has 0 aliphatic heterocycles. The molecule has 0 amide bonds. The van der Waals surface area contributed by atoms with Crippen LogP contribution in [0.15, 0.2) is 0 Å². The highest BCUT2D eigenvalue weighted by molar-refractivity contribution is 5.73. The maximum atomic E-state index is 12.4. The molecule has 1 atom stereocenters. The van der Waals surface area contributed by atoms with E-state index in [9.17, 15) is 39.9 Å². The quantitative estimate of drug-likeness (QED) is 0.790. The van der Waals surface area contributed by atoms with Crippen LogP contribution in [0.1, 0.15) is 0 Å². The number of carboxylic acids is 1. The average Bonchev–Trinajstić information content (AvgIpc) is 2.00. The molecule has 0 aliphatic carbocycles. The van der Waals surface area contributed by atoms with E-state index in [0.29, 0.717) is 0 Å². The summed E-state index contributed by atoms with van der Waals surface area (Å²) in [6.45, 7) is 0. The van der Waals surface area contributed by atoms with Crippen molar-refractivity contribution in [2.45, 2.75) is 24.6 Å². The number of hydrogen-bond acceptors (Lipinski definition) is 2. The first kappa shape index (κ1) is 14.9. The van der Waals surface area contributed by atoms with E-state index < -0.39 is 30.5 Å². The summed E-state index contributed by atoms with van der Waals surface area (Å²) in [5.41, 5.74) is 0. The first-order valence-electron chi connectivity index (χ1n) is 3.19. The van der Waals surface area contributed by atoms with E-state index in [1.165, 1.54) is 0 Å². The number of aliphatic carboxylic acids is 1. The van der Waals surface area contributed by atoms with Crippen molar-refractivity contribution in [1.29, 1.82) is 0 Å². The molecule has 0 aliphatic rings. The lowest BCUT2D eigenvalue weighted by Gasteiger charge is -2.28. The predicted molar refractivity (Wildman–Crippen MR) is 29.6 cm³/mol. The van der Waals surface area contributed by atoms with Crippen molar-refractivity contribution in [3.8, 4) is 0 Å². The molecule has 0 aromatic heterocycles. The zero-order valence-corrected chi connectivity index (χ0v) is 6.86. The Morgan fingerprint density at radius 1 is 1.06 bits per heavy atom. The van der Waals surface area contributed by atoms with E-state index in [-0.39, 0.29) is 0 Å². The van der Waals surface area contributed by atoms with Gasteiger partial charge in [-0.3, -0.25) is 4.74 Å². The molecule has 1 unspecified atom stereocenters. The van der Waals surface area contributed by atoms with Crippen LogP contribution in [0, 0.1) is 0 Å². The molecule has 0 spiro atoms. The molecule has 0 radical (unpaired) electrons. The Bertz CT molecular complexity index is 273. The third-order valence-electron chi connectivity index (χ3n) is 1.19. The Kier molecular flexibility index (Phi) is 3.75. The summed E-state index contributed by atoms with van der Waals surface area (Å²) in [6.07, 6.45) is -17.3. The number of ether oxygens (including phenoxy) is 1. The highest BCUT2D eigenvalue weighted by atomic mass is 19.4. The van der Waals surface area contributed by atoms with Gasteiger partial charge in [0.05, 0.1) is 0 Å². The number of halogens is 8. The van der Waals surface area contributed by atoms with Crippen molar-refractivity contribution >= 4 is 5.97 Å². The molecule has 0 heterocycles. The third kappa shape index (κ3) is 2.71. The molecular formula is C5H2F8O3. The topological polar surface area (TPSA) is 46.5 Å². The van der Waals surface area contributed by atoms with Gasteiger partial charge in [0.1, 0.15) is 0 Å². The van der Waals surface area contributed by atoms with Crippen molar-refractivity contribution < 1.29 is 49.8 Å². The van der Waals surface area contributed by atoms with Gasteiger partial charge in [-0.1, -0.05) is 0 Å². The molecule has 0 aromatic carbocycles. The fourth-order valence-corrected chi connectivity index (χ4v) is 0.456. The molecule has 0 saturated heterocycles. The first-order valence-corrected chi connectivity index (χ1v) is 3.19. The lowest BCUT2D eigenvalue weighted by molar-refractivity contribution is -0.427. The van der Waals surface area contributed by atoms with Crippen molar-refractivity contribution in [3.05, 3.63) is 0 Å². The van der Waals surface area contributed by atoms with Gasteiger partial charge in [0, 0.05) is 0 Å². The van der Waals surface area contributed by atoms with E-state index in [4.69, 9.17) is 5.11 Å².